The van der Waals surface area contributed by atoms with Crippen LogP contribution in [-0.4, -0.2) is 9.97 Å². The van der Waals surface area contributed by atoms with E-state index in [1.165, 1.54) is 28.7 Å². The number of fused-ring (bicyclic) bond motifs is 1. The third-order valence-corrected chi connectivity index (χ3v) is 3.42. The molecule has 4 nitrogen and oxygen atoms in total. The van der Waals surface area contributed by atoms with Crippen LogP contribution >= 0.6 is 0 Å². The quantitative estimate of drug-likeness (QED) is 0.791. The minimum absolute atomic E-state index is 0.0732. The Morgan fingerprint density at radius 3 is 2.52 bits per heavy atom. The van der Waals surface area contributed by atoms with Crippen LogP contribution in [0.15, 0.2) is 54.9 Å². The van der Waals surface area contributed by atoms with Gasteiger partial charge in [-0.15, -0.1) is 0 Å². The standard InChI is InChI=1S/C17H14N4/c1-12(21-17-19-10-13(9-18)11-20-17)15-8-4-6-14-5-2-3-7-16(14)15/h2-8,10-12H,1H3,(H,19,20,21). The van der Waals surface area contributed by atoms with Gasteiger partial charge in [-0.2, -0.15) is 5.26 Å². The molecule has 0 aliphatic carbocycles. The molecule has 3 rings (SSSR count). The maximum atomic E-state index is 8.76. The summed E-state index contributed by atoms with van der Waals surface area (Å²) in [6, 6.07) is 16.6. The highest BCUT2D eigenvalue weighted by Crippen LogP contribution is 2.25. The fraction of sp³-hybridized carbons (Fsp3) is 0.118. The molecule has 0 spiro atoms. The summed E-state index contributed by atoms with van der Waals surface area (Å²) in [5, 5.41) is 14.5. The van der Waals surface area contributed by atoms with E-state index >= 15 is 0 Å². The molecule has 0 amide bonds. The van der Waals surface area contributed by atoms with Gasteiger partial charge in [-0.3, -0.25) is 0 Å². The summed E-state index contributed by atoms with van der Waals surface area (Å²) in [5.41, 5.74) is 1.65. The summed E-state index contributed by atoms with van der Waals surface area (Å²) in [6.07, 6.45) is 3.04. The molecule has 1 heterocycles. The minimum atomic E-state index is 0.0732. The Morgan fingerprint density at radius 1 is 1.05 bits per heavy atom. The highest BCUT2D eigenvalue weighted by Gasteiger charge is 2.10. The third-order valence-electron chi connectivity index (χ3n) is 3.42. The first-order valence-electron chi connectivity index (χ1n) is 6.74. The van der Waals surface area contributed by atoms with Crippen molar-refractivity contribution in [2.24, 2.45) is 0 Å². The molecule has 1 unspecified atom stereocenters. The SMILES string of the molecule is CC(Nc1ncc(C#N)cn1)c1cccc2ccccc12. The largest absolute Gasteiger partial charge is 0.348 e. The Balaban J connectivity index is 1.90. The molecule has 0 aliphatic rings. The summed E-state index contributed by atoms with van der Waals surface area (Å²) >= 11 is 0. The molecular formula is C17H14N4. The average molecular weight is 274 g/mol. The molecule has 3 aromatic rings. The first-order chi connectivity index (χ1) is 10.3. The Morgan fingerprint density at radius 2 is 1.76 bits per heavy atom. The maximum absolute atomic E-state index is 8.76. The predicted molar refractivity (Wildman–Crippen MR) is 82.7 cm³/mol. The van der Waals surface area contributed by atoms with E-state index in [1.807, 2.05) is 18.2 Å². The first-order valence-corrected chi connectivity index (χ1v) is 6.74. The number of hydrogen-bond acceptors (Lipinski definition) is 4. The molecule has 1 atom stereocenters. The van der Waals surface area contributed by atoms with Crippen LogP contribution in [-0.2, 0) is 0 Å². The van der Waals surface area contributed by atoms with E-state index < -0.39 is 0 Å². The smallest absolute Gasteiger partial charge is 0.223 e. The van der Waals surface area contributed by atoms with E-state index in [4.69, 9.17) is 5.26 Å². The molecule has 102 valence electrons. The van der Waals surface area contributed by atoms with Gasteiger partial charge in [0, 0.05) is 0 Å². The molecule has 0 saturated carbocycles. The van der Waals surface area contributed by atoms with Gasteiger partial charge in [0.15, 0.2) is 0 Å². The van der Waals surface area contributed by atoms with Crippen LogP contribution < -0.4 is 5.32 Å². The monoisotopic (exact) mass is 274 g/mol. The molecule has 1 N–H and O–H groups in total. The summed E-state index contributed by atoms with van der Waals surface area (Å²) in [5.74, 6) is 0.523. The highest BCUT2D eigenvalue weighted by molar-refractivity contribution is 5.86. The van der Waals surface area contributed by atoms with E-state index in [-0.39, 0.29) is 6.04 Å². The van der Waals surface area contributed by atoms with Crippen LogP contribution in [0.25, 0.3) is 10.8 Å². The summed E-state index contributed by atoms with van der Waals surface area (Å²) in [6.45, 7) is 2.07. The van der Waals surface area contributed by atoms with Gasteiger partial charge in [-0.1, -0.05) is 42.5 Å². The molecule has 0 radical (unpaired) electrons. The zero-order valence-corrected chi connectivity index (χ0v) is 11.6. The number of nitrogens with one attached hydrogen (secondary N) is 1. The number of anilines is 1. The molecule has 0 aliphatic heterocycles. The normalized spacial score (nSPS) is 11.8. The third kappa shape index (κ3) is 2.67. The lowest BCUT2D eigenvalue weighted by molar-refractivity contribution is 0.868. The summed E-state index contributed by atoms with van der Waals surface area (Å²) in [7, 11) is 0. The first kappa shape index (κ1) is 13.1. The van der Waals surface area contributed by atoms with Gasteiger partial charge in [-0.05, 0) is 23.3 Å². The molecule has 21 heavy (non-hydrogen) atoms. The van der Waals surface area contributed by atoms with Gasteiger partial charge in [0.1, 0.15) is 6.07 Å². The number of nitriles is 1. The number of aromatic nitrogens is 2. The highest BCUT2D eigenvalue weighted by atomic mass is 15.1. The zero-order valence-electron chi connectivity index (χ0n) is 11.6. The lowest BCUT2D eigenvalue weighted by Gasteiger charge is -2.16. The topological polar surface area (TPSA) is 61.6 Å². The van der Waals surface area contributed by atoms with Gasteiger partial charge in [-0.25, -0.2) is 9.97 Å². The van der Waals surface area contributed by atoms with E-state index in [9.17, 15) is 0 Å². The van der Waals surface area contributed by atoms with Crippen molar-refractivity contribution in [1.29, 1.82) is 5.26 Å². The van der Waals surface area contributed by atoms with Crippen molar-refractivity contribution in [2.75, 3.05) is 5.32 Å². The molecule has 0 fully saturated rings. The summed E-state index contributed by atoms with van der Waals surface area (Å²) in [4.78, 5) is 8.30. The van der Waals surface area contributed by atoms with Crippen molar-refractivity contribution >= 4 is 16.7 Å². The van der Waals surface area contributed by atoms with Gasteiger partial charge < -0.3 is 5.32 Å². The van der Waals surface area contributed by atoms with Crippen LogP contribution in [0.1, 0.15) is 24.1 Å². The van der Waals surface area contributed by atoms with Crippen molar-refractivity contribution < 1.29 is 0 Å². The van der Waals surface area contributed by atoms with Crippen molar-refractivity contribution in [1.82, 2.24) is 9.97 Å². The maximum Gasteiger partial charge on any atom is 0.223 e. The zero-order chi connectivity index (χ0) is 14.7. The Kier molecular flexibility index (Phi) is 3.48. The minimum Gasteiger partial charge on any atom is -0.348 e. The van der Waals surface area contributed by atoms with E-state index in [0.717, 1.165) is 0 Å². The van der Waals surface area contributed by atoms with Crippen LogP contribution in [0.3, 0.4) is 0 Å². The van der Waals surface area contributed by atoms with Crippen molar-refractivity contribution in [3.63, 3.8) is 0 Å². The second-order valence-electron chi connectivity index (χ2n) is 4.84. The fourth-order valence-electron chi connectivity index (χ4n) is 2.36. The van der Waals surface area contributed by atoms with Gasteiger partial charge in [0.2, 0.25) is 5.95 Å². The predicted octanol–water partition coefficient (Wildman–Crippen LogP) is 3.67. The average Bonchev–Trinajstić information content (AvgIpc) is 2.55. The second-order valence-corrected chi connectivity index (χ2v) is 4.84. The Labute approximate surface area is 123 Å². The number of hydrogen-bond donors (Lipinski definition) is 1. The Bertz CT molecular complexity index is 798. The molecule has 1 aromatic heterocycles. The lowest BCUT2D eigenvalue weighted by Crippen LogP contribution is -2.09. The van der Waals surface area contributed by atoms with Gasteiger partial charge in [0.25, 0.3) is 0 Å². The summed E-state index contributed by atoms with van der Waals surface area (Å²) < 4.78 is 0. The lowest BCUT2D eigenvalue weighted by atomic mass is 10.00. The van der Waals surface area contributed by atoms with E-state index in [0.29, 0.717) is 11.5 Å². The fourth-order valence-corrected chi connectivity index (χ4v) is 2.36. The number of benzene rings is 2. The van der Waals surface area contributed by atoms with E-state index in [2.05, 4.69) is 52.5 Å². The van der Waals surface area contributed by atoms with Crippen LogP contribution in [0.5, 0.6) is 0 Å². The van der Waals surface area contributed by atoms with Crippen LogP contribution in [0.2, 0.25) is 0 Å². The van der Waals surface area contributed by atoms with Gasteiger partial charge in [0.05, 0.1) is 24.0 Å². The van der Waals surface area contributed by atoms with Crippen LogP contribution in [0.4, 0.5) is 5.95 Å². The second kappa shape index (κ2) is 5.59. The molecule has 4 heteroatoms. The van der Waals surface area contributed by atoms with Gasteiger partial charge >= 0.3 is 0 Å². The van der Waals surface area contributed by atoms with Crippen molar-refractivity contribution in [3.05, 3.63) is 66.0 Å². The molecular weight excluding hydrogens is 260 g/mol. The van der Waals surface area contributed by atoms with E-state index in [1.54, 1.807) is 0 Å². The Hall–Kier alpha value is -2.93. The van der Waals surface area contributed by atoms with Crippen LogP contribution in [0, 0.1) is 11.3 Å². The number of rotatable bonds is 3. The van der Waals surface area contributed by atoms with Crippen molar-refractivity contribution in [3.8, 4) is 6.07 Å². The molecule has 0 bridgehead atoms. The molecule has 0 saturated heterocycles. The van der Waals surface area contributed by atoms with Crippen molar-refractivity contribution in [2.45, 2.75) is 13.0 Å². The number of nitrogens with zero attached hydrogens (tertiary/aromatic N) is 3. The molecule has 2 aromatic carbocycles.